The Bertz CT molecular complexity index is 421. The summed E-state index contributed by atoms with van der Waals surface area (Å²) in [6.07, 6.45) is 0.734. The molecule has 0 radical (unpaired) electrons. The quantitative estimate of drug-likeness (QED) is 0.829. The Hall–Kier alpha value is -1.55. The fourth-order valence-corrected chi connectivity index (χ4v) is 2.33. The highest BCUT2D eigenvalue weighted by atomic mass is 16.5. The minimum absolute atomic E-state index is 0.0146. The molecule has 2 rings (SSSR count). The molecule has 0 bridgehead atoms. The molecule has 1 amide bonds. The number of rotatable bonds is 5. The predicted octanol–water partition coefficient (Wildman–Crippen LogP) is 2.34. The van der Waals surface area contributed by atoms with Gasteiger partial charge in [-0.15, -0.1) is 0 Å². The number of ether oxygens (including phenoxy) is 2. The van der Waals surface area contributed by atoms with E-state index in [1.165, 1.54) is 0 Å². The molecule has 110 valence electrons. The van der Waals surface area contributed by atoms with Crippen LogP contribution in [0.1, 0.15) is 20.3 Å². The average Bonchev–Trinajstić information content (AvgIpc) is 2.48. The molecule has 0 aliphatic carbocycles. The van der Waals surface area contributed by atoms with E-state index in [4.69, 9.17) is 9.47 Å². The fourth-order valence-electron chi connectivity index (χ4n) is 2.33. The van der Waals surface area contributed by atoms with E-state index in [0.717, 1.165) is 12.2 Å². The van der Waals surface area contributed by atoms with E-state index in [-0.39, 0.29) is 17.9 Å². The lowest BCUT2D eigenvalue weighted by atomic mass is 10.1. The lowest BCUT2D eigenvalue weighted by Crippen LogP contribution is -2.49. The number of carbonyl (C=O) groups is 1. The summed E-state index contributed by atoms with van der Waals surface area (Å²) >= 11 is 0. The molecule has 20 heavy (non-hydrogen) atoms. The van der Waals surface area contributed by atoms with Crippen LogP contribution in [0.4, 0.5) is 0 Å². The zero-order valence-electron chi connectivity index (χ0n) is 12.2. The first kappa shape index (κ1) is 14.9. The number of morpholine rings is 1. The van der Waals surface area contributed by atoms with E-state index in [2.05, 4.69) is 0 Å². The molecule has 1 heterocycles. The molecular formula is C16H23NO3. The van der Waals surface area contributed by atoms with Crippen molar-refractivity contribution in [1.82, 2.24) is 4.90 Å². The van der Waals surface area contributed by atoms with Gasteiger partial charge in [0, 0.05) is 12.5 Å². The summed E-state index contributed by atoms with van der Waals surface area (Å²) in [4.78, 5) is 14.3. The van der Waals surface area contributed by atoms with Crippen molar-refractivity contribution in [3.8, 4) is 5.75 Å². The Morgan fingerprint density at radius 3 is 2.90 bits per heavy atom. The molecule has 1 aromatic rings. The molecule has 0 N–H and O–H groups in total. The van der Waals surface area contributed by atoms with Crippen LogP contribution >= 0.6 is 0 Å². The van der Waals surface area contributed by atoms with E-state index in [9.17, 15) is 4.79 Å². The van der Waals surface area contributed by atoms with Gasteiger partial charge in [0.25, 0.3) is 0 Å². The van der Waals surface area contributed by atoms with Gasteiger partial charge in [0.05, 0.1) is 25.9 Å². The molecule has 1 aliphatic rings. The standard InChI is InChI=1S/C16H23NO3/c1-13(8-10-20-15-6-4-3-5-7-15)16(18)17-9-11-19-12-14(17)2/h3-7,13-14H,8-12H2,1-2H3/t13-,14-/m0/s1. The highest BCUT2D eigenvalue weighted by Gasteiger charge is 2.27. The van der Waals surface area contributed by atoms with E-state index in [0.29, 0.717) is 26.4 Å². The third-order valence-corrected chi connectivity index (χ3v) is 3.64. The van der Waals surface area contributed by atoms with Crippen LogP contribution < -0.4 is 4.74 Å². The maximum atomic E-state index is 12.4. The van der Waals surface area contributed by atoms with Gasteiger partial charge in [0.1, 0.15) is 5.75 Å². The van der Waals surface area contributed by atoms with Gasteiger partial charge < -0.3 is 14.4 Å². The summed E-state index contributed by atoms with van der Waals surface area (Å²) in [5.74, 6) is 1.05. The SMILES string of the molecule is C[C@@H](CCOc1ccccc1)C(=O)N1CCOC[C@@H]1C. The summed E-state index contributed by atoms with van der Waals surface area (Å²) in [6.45, 7) is 6.55. The van der Waals surface area contributed by atoms with Crippen LogP contribution in [0.25, 0.3) is 0 Å². The Balaban J connectivity index is 1.76. The highest BCUT2D eigenvalue weighted by Crippen LogP contribution is 2.15. The molecule has 0 saturated carbocycles. The lowest BCUT2D eigenvalue weighted by Gasteiger charge is -2.35. The van der Waals surface area contributed by atoms with Crippen LogP contribution in [0.2, 0.25) is 0 Å². The topological polar surface area (TPSA) is 38.8 Å². The monoisotopic (exact) mass is 277 g/mol. The molecule has 0 unspecified atom stereocenters. The number of nitrogens with zero attached hydrogens (tertiary/aromatic N) is 1. The second-order valence-corrected chi connectivity index (χ2v) is 5.31. The molecular weight excluding hydrogens is 254 g/mol. The third kappa shape index (κ3) is 3.97. The van der Waals surface area contributed by atoms with E-state index in [1.807, 2.05) is 49.1 Å². The maximum absolute atomic E-state index is 12.4. The van der Waals surface area contributed by atoms with Crippen molar-refractivity contribution in [3.63, 3.8) is 0 Å². The molecule has 1 aliphatic heterocycles. The Morgan fingerprint density at radius 2 is 2.20 bits per heavy atom. The molecule has 0 aromatic heterocycles. The minimum Gasteiger partial charge on any atom is -0.494 e. The zero-order valence-corrected chi connectivity index (χ0v) is 12.2. The molecule has 4 heteroatoms. The normalized spacial score (nSPS) is 20.5. The van der Waals surface area contributed by atoms with Gasteiger partial charge in [-0.25, -0.2) is 0 Å². The number of amides is 1. The van der Waals surface area contributed by atoms with Crippen molar-refractivity contribution in [2.45, 2.75) is 26.3 Å². The third-order valence-electron chi connectivity index (χ3n) is 3.64. The van der Waals surface area contributed by atoms with Gasteiger partial charge in [0.15, 0.2) is 0 Å². The Morgan fingerprint density at radius 1 is 1.45 bits per heavy atom. The first-order valence-corrected chi connectivity index (χ1v) is 7.24. The Labute approximate surface area is 120 Å². The first-order valence-electron chi connectivity index (χ1n) is 7.24. The average molecular weight is 277 g/mol. The van der Waals surface area contributed by atoms with E-state index >= 15 is 0 Å². The van der Waals surface area contributed by atoms with Crippen molar-refractivity contribution in [1.29, 1.82) is 0 Å². The van der Waals surface area contributed by atoms with Gasteiger partial charge in [-0.05, 0) is 25.5 Å². The van der Waals surface area contributed by atoms with Crippen LogP contribution in [0.3, 0.4) is 0 Å². The lowest BCUT2D eigenvalue weighted by molar-refractivity contribution is -0.143. The molecule has 1 fully saturated rings. The molecule has 0 spiro atoms. The number of hydrogen-bond acceptors (Lipinski definition) is 3. The van der Waals surface area contributed by atoms with Gasteiger partial charge >= 0.3 is 0 Å². The van der Waals surface area contributed by atoms with E-state index < -0.39 is 0 Å². The van der Waals surface area contributed by atoms with Crippen LogP contribution in [-0.4, -0.2) is 43.2 Å². The second-order valence-electron chi connectivity index (χ2n) is 5.31. The van der Waals surface area contributed by atoms with E-state index in [1.54, 1.807) is 0 Å². The fraction of sp³-hybridized carbons (Fsp3) is 0.562. The zero-order chi connectivity index (χ0) is 14.4. The van der Waals surface area contributed by atoms with Gasteiger partial charge in [-0.2, -0.15) is 0 Å². The number of para-hydroxylation sites is 1. The smallest absolute Gasteiger partial charge is 0.225 e. The van der Waals surface area contributed by atoms with Crippen molar-refractivity contribution >= 4 is 5.91 Å². The summed E-state index contributed by atoms with van der Waals surface area (Å²) < 4.78 is 11.0. The van der Waals surface area contributed by atoms with Crippen LogP contribution in [-0.2, 0) is 9.53 Å². The predicted molar refractivity (Wildman–Crippen MR) is 77.7 cm³/mol. The molecule has 1 aromatic carbocycles. The van der Waals surface area contributed by atoms with Crippen LogP contribution in [0, 0.1) is 5.92 Å². The minimum atomic E-state index is -0.0146. The van der Waals surface area contributed by atoms with Crippen molar-refractivity contribution in [3.05, 3.63) is 30.3 Å². The van der Waals surface area contributed by atoms with Crippen molar-refractivity contribution in [2.24, 2.45) is 5.92 Å². The number of benzene rings is 1. The largest absolute Gasteiger partial charge is 0.494 e. The van der Waals surface area contributed by atoms with Gasteiger partial charge in [0.2, 0.25) is 5.91 Å². The summed E-state index contributed by atoms with van der Waals surface area (Å²) in [6, 6.07) is 9.87. The maximum Gasteiger partial charge on any atom is 0.225 e. The first-order chi connectivity index (χ1) is 9.68. The Kier molecular flexibility index (Phi) is 5.41. The molecule has 4 nitrogen and oxygen atoms in total. The van der Waals surface area contributed by atoms with Crippen molar-refractivity contribution in [2.75, 3.05) is 26.4 Å². The molecule has 2 atom stereocenters. The van der Waals surface area contributed by atoms with Gasteiger partial charge in [-0.3, -0.25) is 4.79 Å². The summed E-state index contributed by atoms with van der Waals surface area (Å²) in [7, 11) is 0. The van der Waals surface area contributed by atoms with Crippen LogP contribution in [0.15, 0.2) is 30.3 Å². The number of hydrogen-bond donors (Lipinski definition) is 0. The van der Waals surface area contributed by atoms with Crippen LogP contribution in [0.5, 0.6) is 5.75 Å². The second kappa shape index (κ2) is 7.29. The summed E-state index contributed by atoms with van der Waals surface area (Å²) in [5.41, 5.74) is 0. The summed E-state index contributed by atoms with van der Waals surface area (Å²) in [5, 5.41) is 0. The highest BCUT2D eigenvalue weighted by molar-refractivity contribution is 5.78. The van der Waals surface area contributed by atoms with Gasteiger partial charge in [-0.1, -0.05) is 25.1 Å². The van der Waals surface area contributed by atoms with Crippen molar-refractivity contribution < 1.29 is 14.3 Å². The molecule has 1 saturated heterocycles. The number of carbonyl (C=O) groups excluding carboxylic acids is 1.